The van der Waals surface area contributed by atoms with Crippen molar-refractivity contribution < 1.29 is 18.3 Å². The van der Waals surface area contributed by atoms with Gasteiger partial charge in [-0.15, -0.1) is 0 Å². The number of nitrogens with zero attached hydrogens (tertiary/aromatic N) is 1. The molecule has 0 aliphatic carbocycles. The highest BCUT2D eigenvalue weighted by Gasteiger charge is 2.15. The minimum atomic E-state index is -2.88. The molecule has 1 atom stereocenters. The molecule has 1 aromatic carbocycles. The van der Waals surface area contributed by atoms with E-state index in [1.807, 2.05) is 0 Å². The van der Waals surface area contributed by atoms with Gasteiger partial charge in [-0.3, -0.25) is 5.43 Å². The van der Waals surface area contributed by atoms with Gasteiger partial charge in [0.15, 0.2) is 5.11 Å². The summed E-state index contributed by atoms with van der Waals surface area (Å²) < 4.78 is 34.4. The minimum Gasteiger partial charge on any atom is -0.434 e. The van der Waals surface area contributed by atoms with Crippen molar-refractivity contribution in [2.24, 2.45) is 5.10 Å². The van der Waals surface area contributed by atoms with Gasteiger partial charge in [0.05, 0.1) is 12.3 Å². The average Bonchev–Trinajstić information content (AvgIpc) is 3.00. The minimum absolute atomic E-state index is 0.0567. The van der Waals surface area contributed by atoms with Crippen LogP contribution in [0.4, 0.5) is 8.78 Å². The van der Waals surface area contributed by atoms with Gasteiger partial charge in [-0.05, 0) is 37.2 Å². The Bertz CT molecular complexity index is 523. The Morgan fingerprint density at radius 2 is 2.32 bits per heavy atom. The third kappa shape index (κ3) is 5.53. The Balaban J connectivity index is 1.80. The largest absolute Gasteiger partial charge is 0.434 e. The molecular formula is C14H17F2N3O2S. The van der Waals surface area contributed by atoms with Crippen LogP contribution in [0.25, 0.3) is 0 Å². The summed E-state index contributed by atoms with van der Waals surface area (Å²) in [5.74, 6) is 0.0567. The fourth-order valence-corrected chi connectivity index (χ4v) is 2.14. The van der Waals surface area contributed by atoms with Gasteiger partial charge in [0.25, 0.3) is 0 Å². The molecule has 22 heavy (non-hydrogen) atoms. The van der Waals surface area contributed by atoms with E-state index in [1.165, 1.54) is 12.3 Å². The maximum atomic E-state index is 12.3. The molecular weight excluding hydrogens is 312 g/mol. The second-order valence-electron chi connectivity index (χ2n) is 4.63. The maximum Gasteiger partial charge on any atom is 0.387 e. The molecule has 2 rings (SSSR count). The van der Waals surface area contributed by atoms with Crippen molar-refractivity contribution >= 4 is 23.5 Å². The second-order valence-corrected chi connectivity index (χ2v) is 5.04. The first-order valence-electron chi connectivity index (χ1n) is 6.87. The first-order chi connectivity index (χ1) is 10.6. The summed E-state index contributed by atoms with van der Waals surface area (Å²) in [4.78, 5) is 0. The zero-order chi connectivity index (χ0) is 15.8. The molecule has 0 saturated carbocycles. The van der Waals surface area contributed by atoms with Gasteiger partial charge in [0.2, 0.25) is 0 Å². The predicted octanol–water partition coefficient (Wildman–Crippen LogP) is 2.26. The first kappa shape index (κ1) is 16.6. The third-order valence-electron chi connectivity index (χ3n) is 3.02. The number of alkyl halides is 2. The normalized spacial score (nSPS) is 17.9. The molecule has 1 aromatic rings. The van der Waals surface area contributed by atoms with Crippen molar-refractivity contribution in [2.45, 2.75) is 25.6 Å². The van der Waals surface area contributed by atoms with E-state index in [0.29, 0.717) is 17.2 Å². The topological polar surface area (TPSA) is 54.9 Å². The van der Waals surface area contributed by atoms with E-state index in [9.17, 15) is 8.78 Å². The molecule has 5 nitrogen and oxygen atoms in total. The zero-order valence-corrected chi connectivity index (χ0v) is 12.6. The lowest BCUT2D eigenvalue weighted by molar-refractivity contribution is -0.0499. The van der Waals surface area contributed by atoms with E-state index in [1.54, 1.807) is 18.2 Å². The summed E-state index contributed by atoms with van der Waals surface area (Å²) >= 11 is 5.06. The summed E-state index contributed by atoms with van der Waals surface area (Å²) in [7, 11) is 0. The number of ether oxygens (including phenoxy) is 2. The van der Waals surface area contributed by atoms with Crippen LogP contribution >= 0.6 is 12.2 Å². The van der Waals surface area contributed by atoms with E-state index in [2.05, 4.69) is 20.6 Å². The number of hydrazone groups is 1. The number of para-hydroxylation sites is 1. The van der Waals surface area contributed by atoms with E-state index in [-0.39, 0.29) is 11.9 Å². The fourth-order valence-electron chi connectivity index (χ4n) is 2.00. The molecule has 0 radical (unpaired) electrons. The lowest BCUT2D eigenvalue weighted by Gasteiger charge is -2.12. The number of benzene rings is 1. The molecule has 120 valence electrons. The predicted molar refractivity (Wildman–Crippen MR) is 83.4 cm³/mol. The molecule has 8 heteroatoms. The number of thiocarbonyl (C=S) groups is 1. The van der Waals surface area contributed by atoms with E-state index >= 15 is 0 Å². The van der Waals surface area contributed by atoms with Gasteiger partial charge in [-0.2, -0.15) is 13.9 Å². The quantitative estimate of drug-likeness (QED) is 0.476. The number of halogens is 2. The van der Waals surface area contributed by atoms with Gasteiger partial charge in [-0.1, -0.05) is 12.1 Å². The summed E-state index contributed by atoms with van der Waals surface area (Å²) in [6.07, 6.45) is 3.62. The zero-order valence-electron chi connectivity index (χ0n) is 11.8. The maximum absolute atomic E-state index is 12.3. The van der Waals surface area contributed by atoms with Crippen LogP contribution in [0, 0.1) is 0 Å². The third-order valence-corrected chi connectivity index (χ3v) is 3.25. The van der Waals surface area contributed by atoms with Gasteiger partial charge >= 0.3 is 6.61 Å². The number of rotatable bonds is 6. The molecule has 1 fully saturated rings. The number of hydrogen-bond donors (Lipinski definition) is 2. The summed E-state index contributed by atoms with van der Waals surface area (Å²) in [6.45, 7) is -1.48. The monoisotopic (exact) mass is 329 g/mol. The van der Waals surface area contributed by atoms with Gasteiger partial charge in [0, 0.05) is 18.7 Å². The number of hydrogen-bond acceptors (Lipinski definition) is 4. The lowest BCUT2D eigenvalue weighted by atomic mass is 10.2. The smallest absolute Gasteiger partial charge is 0.387 e. The number of nitrogens with one attached hydrogen (secondary N) is 2. The van der Waals surface area contributed by atoms with Crippen molar-refractivity contribution in [3.63, 3.8) is 0 Å². The van der Waals surface area contributed by atoms with Gasteiger partial charge < -0.3 is 14.8 Å². The van der Waals surface area contributed by atoms with Crippen LogP contribution in [0.2, 0.25) is 0 Å². The highest BCUT2D eigenvalue weighted by molar-refractivity contribution is 7.80. The average molecular weight is 329 g/mol. The molecule has 0 bridgehead atoms. The molecule has 0 spiro atoms. The second kappa shape index (κ2) is 8.60. The molecule has 1 heterocycles. The molecule has 1 unspecified atom stereocenters. The summed E-state index contributed by atoms with van der Waals surface area (Å²) in [5, 5.41) is 7.24. The van der Waals surface area contributed by atoms with Crippen LogP contribution in [-0.2, 0) is 4.74 Å². The molecule has 1 aliphatic heterocycles. The lowest BCUT2D eigenvalue weighted by Crippen LogP contribution is -2.37. The van der Waals surface area contributed by atoms with E-state index in [4.69, 9.17) is 17.0 Å². The van der Waals surface area contributed by atoms with Crippen LogP contribution in [0.15, 0.2) is 29.4 Å². The Labute approximate surface area is 132 Å². The Morgan fingerprint density at radius 3 is 3.05 bits per heavy atom. The SMILES string of the molecule is FC(F)Oc1ccccc1C=NNC(=S)NCC1CCCO1. The molecule has 1 saturated heterocycles. The van der Waals surface area contributed by atoms with Crippen LogP contribution in [0.1, 0.15) is 18.4 Å². The van der Waals surface area contributed by atoms with Crippen molar-refractivity contribution in [1.82, 2.24) is 10.7 Å². The molecule has 0 amide bonds. The van der Waals surface area contributed by atoms with Crippen LogP contribution in [0.5, 0.6) is 5.75 Å². The van der Waals surface area contributed by atoms with Crippen LogP contribution < -0.4 is 15.5 Å². The Kier molecular flexibility index (Phi) is 6.47. The summed E-state index contributed by atoms with van der Waals surface area (Å²) in [5.41, 5.74) is 3.05. The van der Waals surface area contributed by atoms with Gasteiger partial charge in [0.1, 0.15) is 5.75 Å². The molecule has 0 aromatic heterocycles. The Morgan fingerprint density at radius 1 is 1.50 bits per heavy atom. The van der Waals surface area contributed by atoms with Crippen molar-refractivity contribution in [1.29, 1.82) is 0 Å². The van der Waals surface area contributed by atoms with Crippen molar-refractivity contribution in [3.8, 4) is 5.75 Å². The van der Waals surface area contributed by atoms with Crippen molar-refractivity contribution in [3.05, 3.63) is 29.8 Å². The van der Waals surface area contributed by atoms with E-state index < -0.39 is 6.61 Å². The van der Waals surface area contributed by atoms with Crippen LogP contribution in [0.3, 0.4) is 0 Å². The van der Waals surface area contributed by atoms with E-state index in [0.717, 1.165) is 19.4 Å². The van der Waals surface area contributed by atoms with Crippen molar-refractivity contribution in [2.75, 3.05) is 13.2 Å². The van der Waals surface area contributed by atoms with Gasteiger partial charge in [-0.25, -0.2) is 0 Å². The summed E-state index contributed by atoms with van der Waals surface area (Å²) in [6, 6.07) is 6.37. The molecule has 1 aliphatic rings. The highest BCUT2D eigenvalue weighted by atomic mass is 32.1. The molecule has 2 N–H and O–H groups in total. The first-order valence-corrected chi connectivity index (χ1v) is 7.28. The fraction of sp³-hybridized carbons (Fsp3) is 0.429. The standard InChI is InChI=1S/C14H17F2N3O2S/c15-13(16)21-12-6-2-1-4-10(12)8-18-19-14(22)17-9-11-5-3-7-20-11/h1-2,4,6,8,11,13H,3,5,7,9H2,(H2,17,19,22). The highest BCUT2D eigenvalue weighted by Crippen LogP contribution is 2.18. The Hall–Kier alpha value is -1.80. The van der Waals surface area contributed by atoms with Crippen LogP contribution in [-0.4, -0.2) is 37.2 Å².